The number of aryl methyl sites for hydroxylation is 1. The summed E-state index contributed by atoms with van der Waals surface area (Å²) in [4.78, 5) is 19.7. The van der Waals surface area contributed by atoms with Crippen LogP contribution in [0.25, 0.3) is 0 Å². The molecule has 7 nitrogen and oxygen atoms in total. The van der Waals surface area contributed by atoms with Gasteiger partial charge in [0.25, 0.3) is 0 Å². The van der Waals surface area contributed by atoms with Gasteiger partial charge in [0.15, 0.2) is 5.78 Å². The van der Waals surface area contributed by atoms with Crippen LogP contribution in [0.15, 0.2) is 42.6 Å². The summed E-state index contributed by atoms with van der Waals surface area (Å²) in [6, 6.07) is 10.1. The van der Waals surface area contributed by atoms with Crippen molar-refractivity contribution >= 4 is 28.7 Å². The second-order valence-corrected chi connectivity index (χ2v) is 8.36. The Kier molecular flexibility index (Phi) is 6.57. The highest BCUT2D eigenvalue weighted by atomic mass is 19.1. The number of aliphatic hydroxyl groups is 1. The van der Waals surface area contributed by atoms with Gasteiger partial charge >= 0.3 is 0 Å². The van der Waals surface area contributed by atoms with Gasteiger partial charge in [0.2, 0.25) is 0 Å². The highest BCUT2D eigenvalue weighted by Gasteiger charge is 2.24. The molecule has 0 fully saturated rings. The van der Waals surface area contributed by atoms with Crippen LogP contribution in [-0.2, 0) is 13.0 Å². The molecule has 0 spiro atoms. The van der Waals surface area contributed by atoms with E-state index in [-0.39, 0.29) is 30.2 Å². The van der Waals surface area contributed by atoms with Crippen molar-refractivity contribution < 1.29 is 19.4 Å². The molecule has 4 rings (SSSR count). The molecule has 172 valence electrons. The van der Waals surface area contributed by atoms with E-state index < -0.39 is 5.82 Å². The molecular formula is C25H27FN4O3. The van der Waals surface area contributed by atoms with Crippen LogP contribution < -0.4 is 10.6 Å². The summed E-state index contributed by atoms with van der Waals surface area (Å²) in [7, 11) is 1.99. The van der Waals surface area contributed by atoms with Crippen molar-refractivity contribution in [1.29, 1.82) is 0 Å². The molecule has 33 heavy (non-hydrogen) atoms. The van der Waals surface area contributed by atoms with Crippen molar-refractivity contribution in [1.82, 2.24) is 9.88 Å². The van der Waals surface area contributed by atoms with Crippen LogP contribution in [0.5, 0.6) is 5.75 Å². The lowest BCUT2D eigenvalue weighted by molar-refractivity contribution is 0.0995. The number of aliphatic hydroxyl groups excluding tert-OH is 1. The zero-order chi connectivity index (χ0) is 23.5. The number of anilines is 4. The fourth-order valence-corrected chi connectivity index (χ4v) is 3.98. The SMILES string of the molecule is Cc1cc(F)c(Nc2ccnc3c2C(=O)Cc2cc(CN(C)CCCO)ccc2N3)cc1O. The van der Waals surface area contributed by atoms with E-state index in [9.17, 15) is 14.3 Å². The van der Waals surface area contributed by atoms with Crippen LogP contribution in [0, 0.1) is 12.7 Å². The van der Waals surface area contributed by atoms with Crippen molar-refractivity contribution in [3.8, 4) is 5.75 Å². The number of nitrogens with one attached hydrogen (secondary N) is 2. The smallest absolute Gasteiger partial charge is 0.173 e. The molecule has 3 aromatic rings. The predicted octanol–water partition coefficient (Wildman–Crippen LogP) is 4.27. The minimum absolute atomic E-state index is 0.0348. The van der Waals surface area contributed by atoms with E-state index in [1.165, 1.54) is 12.1 Å². The lowest BCUT2D eigenvalue weighted by Crippen LogP contribution is -2.20. The summed E-state index contributed by atoms with van der Waals surface area (Å²) in [6.07, 6.45) is 2.42. The highest BCUT2D eigenvalue weighted by Crippen LogP contribution is 2.35. The quantitative estimate of drug-likeness (QED) is 0.427. The van der Waals surface area contributed by atoms with Gasteiger partial charge in [-0.15, -0.1) is 0 Å². The molecule has 0 bridgehead atoms. The highest BCUT2D eigenvalue weighted by molar-refractivity contribution is 6.09. The third-order valence-electron chi connectivity index (χ3n) is 5.71. The number of carbonyl (C=O) groups excluding carboxylic acids is 1. The molecule has 0 saturated heterocycles. The lowest BCUT2D eigenvalue weighted by Gasteiger charge is -2.17. The maximum Gasteiger partial charge on any atom is 0.173 e. The molecule has 2 heterocycles. The number of rotatable bonds is 7. The average molecular weight is 451 g/mol. The standard InChI is InChI=1S/C25H27FN4O3/c1-15-10-18(26)21(13-22(15)32)28-20-6-7-27-25-24(20)23(33)12-17-11-16(4-5-19(17)29-25)14-30(2)8-3-9-31/h4-7,10-11,13,31-32H,3,8-9,12,14H2,1-2H3,(H2,27,28,29). The Morgan fingerprint density at radius 2 is 2.03 bits per heavy atom. The fourth-order valence-electron chi connectivity index (χ4n) is 3.98. The summed E-state index contributed by atoms with van der Waals surface area (Å²) in [5, 5.41) is 25.2. The minimum atomic E-state index is -0.525. The Labute approximate surface area is 191 Å². The topological polar surface area (TPSA) is 97.7 Å². The van der Waals surface area contributed by atoms with Crippen molar-refractivity contribution in [3.05, 3.63) is 70.7 Å². The van der Waals surface area contributed by atoms with E-state index in [1.807, 2.05) is 25.2 Å². The van der Waals surface area contributed by atoms with Crippen LogP contribution in [0.2, 0.25) is 0 Å². The first-order valence-corrected chi connectivity index (χ1v) is 10.8. The van der Waals surface area contributed by atoms with Gasteiger partial charge in [-0.3, -0.25) is 4.79 Å². The number of benzene rings is 2. The molecule has 1 aromatic heterocycles. The van der Waals surface area contributed by atoms with E-state index in [2.05, 4.69) is 20.5 Å². The number of aromatic hydroxyl groups is 1. The number of hydrogen-bond acceptors (Lipinski definition) is 7. The second kappa shape index (κ2) is 9.56. The van der Waals surface area contributed by atoms with E-state index >= 15 is 0 Å². The minimum Gasteiger partial charge on any atom is -0.508 e. The predicted molar refractivity (Wildman–Crippen MR) is 126 cm³/mol. The lowest BCUT2D eigenvalue weighted by atomic mass is 10.0. The summed E-state index contributed by atoms with van der Waals surface area (Å²) >= 11 is 0. The number of fused-ring (bicyclic) bond motifs is 2. The maximum absolute atomic E-state index is 14.5. The number of hydrogen-bond donors (Lipinski definition) is 4. The van der Waals surface area contributed by atoms with Crippen molar-refractivity contribution in [3.63, 3.8) is 0 Å². The number of phenolic OH excluding ortho intramolecular Hbond substituents is 1. The molecular weight excluding hydrogens is 423 g/mol. The maximum atomic E-state index is 14.5. The molecule has 0 atom stereocenters. The van der Waals surface area contributed by atoms with Gasteiger partial charge in [0, 0.05) is 44.1 Å². The van der Waals surface area contributed by atoms with E-state index in [4.69, 9.17) is 5.11 Å². The third-order valence-corrected chi connectivity index (χ3v) is 5.71. The Bertz CT molecular complexity index is 1200. The Morgan fingerprint density at radius 1 is 1.21 bits per heavy atom. The summed E-state index contributed by atoms with van der Waals surface area (Å²) in [5.74, 6) is -0.307. The molecule has 4 N–H and O–H groups in total. The largest absolute Gasteiger partial charge is 0.508 e. The first kappa shape index (κ1) is 22.7. The Morgan fingerprint density at radius 3 is 2.82 bits per heavy atom. The monoisotopic (exact) mass is 450 g/mol. The molecule has 8 heteroatoms. The molecule has 2 aromatic carbocycles. The van der Waals surface area contributed by atoms with Crippen LogP contribution in [0.4, 0.5) is 27.3 Å². The van der Waals surface area contributed by atoms with Gasteiger partial charge in [-0.2, -0.15) is 0 Å². The van der Waals surface area contributed by atoms with E-state index in [1.54, 1.807) is 19.2 Å². The Hall–Kier alpha value is -3.49. The molecule has 0 radical (unpaired) electrons. The molecule has 0 amide bonds. The first-order chi connectivity index (χ1) is 15.9. The molecule has 1 aliphatic heterocycles. The Balaban J connectivity index is 1.62. The van der Waals surface area contributed by atoms with Crippen LogP contribution in [0.1, 0.15) is 33.5 Å². The van der Waals surface area contributed by atoms with Crippen molar-refractivity contribution in [2.45, 2.75) is 26.3 Å². The molecule has 0 aliphatic carbocycles. The number of aromatic nitrogens is 1. The van der Waals surface area contributed by atoms with Gasteiger partial charge in [0.1, 0.15) is 17.4 Å². The fraction of sp³-hybridized carbons (Fsp3) is 0.280. The van der Waals surface area contributed by atoms with Crippen molar-refractivity contribution in [2.24, 2.45) is 0 Å². The third kappa shape index (κ3) is 4.97. The van der Waals surface area contributed by atoms with Gasteiger partial charge in [-0.1, -0.05) is 12.1 Å². The van der Waals surface area contributed by atoms with Gasteiger partial charge in [0.05, 0.1) is 16.9 Å². The zero-order valence-corrected chi connectivity index (χ0v) is 18.7. The number of carbonyl (C=O) groups is 1. The zero-order valence-electron chi connectivity index (χ0n) is 18.7. The number of nitrogens with zero attached hydrogens (tertiary/aromatic N) is 2. The summed E-state index contributed by atoms with van der Waals surface area (Å²) < 4.78 is 14.5. The van der Waals surface area contributed by atoms with Crippen LogP contribution in [-0.4, -0.2) is 46.1 Å². The normalized spacial score (nSPS) is 12.7. The van der Waals surface area contributed by atoms with E-state index in [0.29, 0.717) is 35.6 Å². The molecule has 0 saturated carbocycles. The summed E-state index contributed by atoms with van der Waals surface area (Å²) in [6.45, 7) is 3.25. The summed E-state index contributed by atoms with van der Waals surface area (Å²) in [5.41, 5.74) is 3.99. The van der Waals surface area contributed by atoms with Crippen LogP contribution >= 0.6 is 0 Å². The van der Waals surface area contributed by atoms with E-state index in [0.717, 1.165) is 23.4 Å². The van der Waals surface area contributed by atoms with Gasteiger partial charge < -0.3 is 25.7 Å². The second-order valence-electron chi connectivity index (χ2n) is 8.36. The van der Waals surface area contributed by atoms with Gasteiger partial charge in [-0.25, -0.2) is 9.37 Å². The number of ketones is 1. The molecule has 0 unspecified atom stereocenters. The number of phenols is 1. The average Bonchev–Trinajstić information content (AvgIpc) is 2.92. The van der Waals surface area contributed by atoms with Gasteiger partial charge in [-0.05, 0) is 55.3 Å². The van der Waals surface area contributed by atoms with Crippen molar-refractivity contribution in [2.75, 3.05) is 30.8 Å². The number of Topliss-reactive ketones (excluding diaryl/α,β-unsaturated/α-hetero) is 1. The number of halogens is 1. The number of pyridine rings is 1. The first-order valence-electron chi connectivity index (χ1n) is 10.8. The van der Waals surface area contributed by atoms with Crippen LogP contribution in [0.3, 0.4) is 0 Å². The molecule has 1 aliphatic rings.